The Morgan fingerprint density at radius 3 is 2.47 bits per heavy atom. The highest BCUT2D eigenvalue weighted by atomic mass is 16.5. The lowest BCUT2D eigenvalue weighted by atomic mass is 9.94. The van der Waals surface area contributed by atoms with Crippen LogP contribution in [0.2, 0.25) is 0 Å². The van der Waals surface area contributed by atoms with Gasteiger partial charge >= 0.3 is 0 Å². The maximum Gasteiger partial charge on any atom is 0.0600 e. The Labute approximate surface area is 120 Å². The summed E-state index contributed by atoms with van der Waals surface area (Å²) in [5.74, 6) is 0.749. The summed E-state index contributed by atoms with van der Waals surface area (Å²) in [5, 5.41) is 3.67. The number of nitrogens with zero attached hydrogens (tertiary/aromatic N) is 1. The molecule has 0 aliphatic carbocycles. The van der Waals surface area contributed by atoms with Crippen molar-refractivity contribution >= 4 is 0 Å². The third kappa shape index (κ3) is 6.73. The number of rotatable bonds is 5. The minimum atomic E-state index is -0.0307. The average molecular weight is 270 g/mol. The zero-order valence-electron chi connectivity index (χ0n) is 14.0. The van der Waals surface area contributed by atoms with Crippen molar-refractivity contribution < 1.29 is 4.74 Å². The molecule has 1 heterocycles. The van der Waals surface area contributed by atoms with Crippen molar-refractivity contribution in [2.75, 3.05) is 26.2 Å². The molecule has 0 bridgehead atoms. The van der Waals surface area contributed by atoms with Crippen molar-refractivity contribution in [2.24, 2.45) is 5.92 Å². The molecule has 0 saturated carbocycles. The third-order valence-corrected chi connectivity index (χ3v) is 3.59. The molecule has 0 aromatic carbocycles. The first-order valence-electron chi connectivity index (χ1n) is 7.72. The predicted octanol–water partition coefficient (Wildman–Crippen LogP) is 2.90. The molecule has 19 heavy (non-hydrogen) atoms. The van der Waals surface area contributed by atoms with Gasteiger partial charge in [-0.15, -0.1) is 0 Å². The quantitative estimate of drug-likeness (QED) is 0.831. The van der Waals surface area contributed by atoms with Gasteiger partial charge in [-0.3, -0.25) is 4.90 Å². The van der Waals surface area contributed by atoms with Gasteiger partial charge in [0.1, 0.15) is 0 Å². The van der Waals surface area contributed by atoms with E-state index in [1.54, 1.807) is 0 Å². The normalized spacial score (nSPS) is 24.9. The molecule has 1 aliphatic heterocycles. The Balaban J connectivity index is 2.51. The summed E-state index contributed by atoms with van der Waals surface area (Å²) in [7, 11) is 0. The molecule has 1 aliphatic rings. The number of hydrogen-bond donors (Lipinski definition) is 1. The smallest absolute Gasteiger partial charge is 0.0600 e. The summed E-state index contributed by atoms with van der Waals surface area (Å²) >= 11 is 0. The highest BCUT2D eigenvalue weighted by Gasteiger charge is 2.32. The second kappa shape index (κ2) is 6.55. The van der Waals surface area contributed by atoms with Crippen LogP contribution in [0.25, 0.3) is 0 Å². The lowest BCUT2D eigenvalue weighted by molar-refractivity contribution is -0.0274. The topological polar surface area (TPSA) is 24.5 Å². The second-order valence-electron chi connectivity index (χ2n) is 7.98. The van der Waals surface area contributed by atoms with Gasteiger partial charge in [0.15, 0.2) is 0 Å². The van der Waals surface area contributed by atoms with Gasteiger partial charge in [-0.25, -0.2) is 0 Å². The van der Waals surface area contributed by atoms with Gasteiger partial charge in [0, 0.05) is 31.2 Å². The van der Waals surface area contributed by atoms with E-state index in [0.29, 0.717) is 6.04 Å². The Hall–Kier alpha value is -0.120. The minimum absolute atomic E-state index is 0.0307. The van der Waals surface area contributed by atoms with Crippen LogP contribution in [0.4, 0.5) is 0 Å². The van der Waals surface area contributed by atoms with E-state index in [4.69, 9.17) is 4.74 Å². The average Bonchev–Trinajstić information content (AvgIpc) is 2.19. The summed E-state index contributed by atoms with van der Waals surface area (Å²) in [6.45, 7) is 19.6. The SMILES string of the molecule is CC(C)CC1CNC(C)(C)CN1CCOC(C)(C)C. The molecule has 3 heteroatoms. The molecule has 0 radical (unpaired) electrons. The van der Waals surface area contributed by atoms with E-state index in [1.807, 2.05) is 0 Å². The molecule has 1 atom stereocenters. The van der Waals surface area contributed by atoms with Crippen LogP contribution in [0, 0.1) is 5.92 Å². The van der Waals surface area contributed by atoms with Crippen LogP contribution in [0.15, 0.2) is 0 Å². The van der Waals surface area contributed by atoms with E-state index in [2.05, 4.69) is 58.7 Å². The largest absolute Gasteiger partial charge is 0.375 e. The number of hydrogen-bond acceptors (Lipinski definition) is 3. The van der Waals surface area contributed by atoms with Gasteiger partial charge in [-0.2, -0.15) is 0 Å². The Morgan fingerprint density at radius 1 is 1.32 bits per heavy atom. The number of piperazine rings is 1. The van der Waals surface area contributed by atoms with E-state index in [9.17, 15) is 0 Å². The second-order valence-corrected chi connectivity index (χ2v) is 7.98. The zero-order valence-corrected chi connectivity index (χ0v) is 14.0. The molecule has 1 fully saturated rings. The van der Waals surface area contributed by atoms with Gasteiger partial charge in [0.25, 0.3) is 0 Å². The molecule has 1 saturated heterocycles. The summed E-state index contributed by atoms with van der Waals surface area (Å²) in [6, 6.07) is 0.650. The molecule has 1 N–H and O–H groups in total. The number of ether oxygens (including phenoxy) is 1. The van der Waals surface area contributed by atoms with Gasteiger partial charge in [-0.05, 0) is 47.0 Å². The van der Waals surface area contributed by atoms with Crippen LogP contribution in [-0.4, -0.2) is 48.3 Å². The molecule has 3 nitrogen and oxygen atoms in total. The maximum atomic E-state index is 5.89. The lowest BCUT2D eigenvalue weighted by Crippen LogP contribution is -2.62. The highest BCUT2D eigenvalue weighted by Crippen LogP contribution is 2.20. The van der Waals surface area contributed by atoms with E-state index >= 15 is 0 Å². The first-order valence-corrected chi connectivity index (χ1v) is 7.72. The van der Waals surface area contributed by atoms with Gasteiger partial charge < -0.3 is 10.1 Å². The van der Waals surface area contributed by atoms with Crippen LogP contribution < -0.4 is 5.32 Å². The third-order valence-electron chi connectivity index (χ3n) is 3.59. The highest BCUT2D eigenvalue weighted by molar-refractivity contribution is 4.92. The Kier molecular flexibility index (Phi) is 5.84. The molecule has 114 valence electrons. The van der Waals surface area contributed by atoms with Crippen molar-refractivity contribution in [1.82, 2.24) is 10.2 Å². The minimum Gasteiger partial charge on any atom is -0.375 e. The van der Waals surface area contributed by atoms with Crippen molar-refractivity contribution in [3.8, 4) is 0 Å². The molecule has 0 amide bonds. The van der Waals surface area contributed by atoms with Crippen molar-refractivity contribution in [3.05, 3.63) is 0 Å². The van der Waals surface area contributed by atoms with E-state index in [-0.39, 0.29) is 11.1 Å². The van der Waals surface area contributed by atoms with E-state index < -0.39 is 0 Å². The van der Waals surface area contributed by atoms with Crippen LogP contribution in [0.5, 0.6) is 0 Å². The van der Waals surface area contributed by atoms with Crippen LogP contribution in [0.3, 0.4) is 0 Å². The summed E-state index contributed by atoms with van der Waals surface area (Å²) in [6.07, 6.45) is 1.26. The summed E-state index contributed by atoms with van der Waals surface area (Å²) in [4.78, 5) is 2.61. The van der Waals surface area contributed by atoms with Crippen molar-refractivity contribution in [3.63, 3.8) is 0 Å². The van der Waals surface area contributed by atoms with E-state index in [0.717, 1.165) is 32.2 Å². The van der Waals surface area contributed by atoms with Gasteiger partial charge in [0.2, 0.25) is 0 Å². The molecular weight excluding hydrogens is 236 g/mol. The molecule has 0 aromatic rings. The monoisotopic (exact) mass is 270 g/mol. The molecule has 1 unspecified atom stereocenters. The van der Waals surface area contributed by atoms with Crippen LogP contribution in [0.1, 0.15) is 54.9 Å². The standard InChI is InChI=1S/C16H34N2O/c1-13(2)10-14-11-17-16(6,7)12-18(14)8-9-19-15(3,4)5/h13-14,17H,8-12H2,1-7H3. The molecule has 0 aromatic heterocycles. The number of nitrogens with one attached hydrogen (secondary N) is 1. The van der Waals surface area contributed by atoms with Gasteiger partial charge in [-0.1, -0.05) is 13.8 Å². The first-order chi connectivity index (χ1) is 8.59. The van der Waals surface area contributed by atoms with Crippen molar-refractivity contribution in [2.45, 2.75) is 72.1 Å². The lowest BCUT2D eigenvalue weighted by Gasteiger charge is -2.45. The Morgan fingerprint density at radius 2 is 1.95 bits per heavy atom. The first kappa shape index (κ1) is 16.9. The fourth-order valence-electron chi connectivity index (χ4n) is 2.72. The summed E-state index contributed by atoms with van der Waals surface area (Å²) in [5.41, 5.74) is 0.187. The fraction of sp³-hybridized carbons (Fsp3) is 1.00. The molecule has 0 spiro atoms. The fourth-order valence-corrected chi connectivity index (χ4v) is 2.72. The molecular formula is C16H34N2O. The van der Waals surface area contributed by atoms with E-state index in [1.165, 1.54) is 6.42 Å². The molecule has 1 rings (SSSR count). The van der Waals surface area contributed by atoms with Crippen LogP contribution >= 0.6 is 0 Å². The Bertz CT molecular complexity index is 268. The zero-order chi connectivity index (χ0) is 14.7. The predicted molar refractivity (Wildman–Crippen MR) is 82.6 cm³/mol. The van der Waals surface area contributed by atoms with Crippen LogP contribution in [-0.2, 0) is 4.74 Å². The maximum absolute atomic E-state index is 5.89. The van der Waals surface area contributed by atoms with Gasteiger partial charge in [0.05, 0.1) is 12.2 Å². The van der Waals surface area contributed by atoms with Crippen molar-refractivity contribution in [1.29, 1.82) is 0 Å². The summed E-state index contributed by atoms with van der Waals surface area (Å²) < 4.78 is 5.89.